The molecule has 3 aromatic carbocycles. The molecular formula is C31H38O4. The van der Waals surface area contributed by atoms with Crippen molar-refractivity contribution in [2.45, 2.75) is 73.1 Å². The van der Waals surface area contributed by atoms with E-state index in [2.05, 4.69) is 60.6 Å². The summed E-state index contributed by atoms with van der Waals surface area (Å²) in [6, 6.07) is 13.0. The fraction of sp³-hybridized carbons (Fsp3) is 0.387. The van der Waals surface area contributed by atoms with Crippen molar-refractivity contribution in [3.63, 3.8) is 0 Å². The van der Waals surface area contributed by atoms with Crippen LogP contribution >= 0.6 is 0 Å². The number of benzene rings is 3. The Bertz CT molecular complexity index is 1240. The Morgan fingerprint density at radius 3 is 1.86 bits per heavy atom. The normalized spacial score (nSPS) is 11.9. The zero-order valence-corrected chi connectivity index (χ0v) is 22.7. The lowest BCUT2D eigenvalue weighted by Crippen LogP contribution is -2.22. The van der Waals surface area contributed by atoms with E-state index >= 15 is 0 Å². The van der Waals surface area contributed by atoms with Gasteiger partial charge in [-0.3, -0.25) is 0 Å². The van der Waals surface area contributed by atoms with Gasteiger partial charge in [0.2, 0.25) is 0 Å². The van der Waals surface area contributed by atoms with Crippen LogP contribution in [0.2, 0.25) is 0 Å². The maximum atomic E-state index is 13.8. The highest BCUT2D eigenvalue weighted by molar-refractivity contribution is 6.01. The molecule has 0 unspecified atom stereocenters. The summed E-state index contributed by atoms with van der Waals surface area (Å²) >= 11 is 0. The molecule has 0 heterocycles. The molecule has 0 atom stereocenters. The fourth-order valence-electron chi connectivity index (χ4n) is 4.53. The summed E-state index contributed by atoms with van der Waals surface area (Å²) in [5, 5.41) is 10.9. The minimum atomic E-state index is -0.516. The lowest BCUT2D eigenvalue weighted by Gasteiger charge is -2.30. The third kappa shape index (κ3) is 5.37. The maximum Gasteiger partial charge on any atom is 0.344 e. The molecule has 0 aliphatic heterocycles. The van der Waals surface area contributed by atoms with Crippen molar-refractivity contribution < 1.29 is 19.4 Å². The molecule has 1 N–H and O–H groups in total. The maximum absolute atomic E-state index is 13.8. The summed E-state index contributed by atoms with van der Waals surface area (Å²) in [5.41, 5.74) is 5.91. The molecular weight excluding hydrogens is 436 g/mol. The van der Waals surface area contributed by atoms with Crippen molar-refractivity contribution in [3.05, 3.63) is 75.8 Å². The van der Waals surface area contributed by atoms with E-state index < -0.39 is 5.97 Å². The molecule has 0 saturated heterocycles. The largest absolute Gasteiger partial charge is 0.507 e. The first-order valence-corrected chi connectivity index (χ1v) is 12.0. The van der Waals surface area contributed by atoms with Crippen LogP contribution in [0, 0.1) is 20.8 Å². The van der Waals surface area contributed by atoms with Crippen LogP contribution in [0.3, 0.4) is 0 Å². The lowest BCUT2D eigenvalue weighted by molar-refractivity contribution is 0.0729. The average Bonchev–Trinajstić information content (AvgIpc) is 2.73. The molecule has 0 aliphatic rings. The fourth-order valence-corrected chi connectivity index (χ4v) is 4.53. The Hall–Kier alpha value is -3.27. The van der Waals surface area contributed by atoms with Crippen molar-refractivity contribution in [3.8, 4) is 28.4 Å². The van der Waals surface area contributed by atoms with Gasteiger partial charge in [-0.05, 0) is 60.9 Å². The smallest absolute Gasteiger partial charge is 0.344 e. The molecule has 0 radical (unpaired) electrons. The predicted molar refractivity (Wildman–Crippen MR) is 143 cm³/mol. The number of hydrogen-bond donors (Lipinski definition) is 1. The van der Waals surface area contributed by atoms with Crippen LogP contribution in [-0.4, -0.2) is 18.2 Å². The van der Waals surface area contributed by atoms with Gasteiger partial charge in [-0.15, -0.1) is 0 Å². The zero-order valence-electron chi connectivity index (χ0n) is 22.7. The first kappa shape index (κ1) is 26.3. The number of aryl methyl sites for hydroxylation is 3. The van der Waals surface area contributed by atoms with Crippen molar-refractivity contribution in [1.29, 1.82) is 0 Å². The van der Waals surface area contributed by atoms with Crippen molar-refractivity contribution in [1.82, 2.24) is 0 Å². The first-order chi connectivity index (χ1) is 16.1. The number of rotatable bonds is 4. The molecule has 0 saturated carbocycles. The summed E-state index contributed by atoms with van der Waals surface area (Å²) < 4.78 is 11.9. The summed E-state index contributed by atoms with van der Waals surface area (Å²) in [5.74, 6) is 0.667. The molecule has 0 spiro atoms. The second kappa shape index (κ2) is 9.41. The number of hydrogen-bond acceptors (Lipinski definition) is 4. The van der Waals surface area contributed by atoms with Gasteiger partial charge in [-0.1, -0.05) is 71.4 Å². The summed E-state index contributed by atoms with van der Waals surface area (Å²) in [7, 11) is 1.59. The average molecular weight is 475 g/mol. The van der Waals surface area contributed by atoms with Crippen molar-refractivity contribution >= 4 is 5.97 Å². The highest BCUT2D eigenvalue weighted by atomic mass is 16.5. The molecule has 4 heteroatoms. The van der Waals surface area contributed by atoms with Gasteiger partial charge in [-0.2, -0.15) is 0 Å². The van der Waals surface area contributed by atoms with Gasteiger partial charge in [0.25, 0.3) is 0 Å². The Kier molecular flexibility index (Phi) is 7.08. The van der Waals surface area contributed by atoms with Crippen molar-refractivity contribution in [2.75, 3.05) is 7.11 Å². The highest BCUT2D eigenvalue weighted by Crippen LogP contribution is 2.44. The van der Waals surface area contributed by atoms with Crippen LogP contribution in [-0.2, 0) is 10.8 Å². The van der Waals surface area contributed by atoms with Gasteiger partial charge in [0.15, 0.2) is 0 Å². The SMILES string of the molecule is COc1cc(C)cc(C)c1-c1c(O)cccc1C(=O)Oc1c(C(C)(C)C)cc(C)cc1C(C)(C)C. The second-order valence-corrected chi connectivity index (χ2v) is 11.4. The molecule has 35 heavy (non-hydrogen) atoms. The van der Waals surface area contributed by atoms with Crippen LogP contribution in [0.1, 0.15) is 79.7 Å². The van der Waals surface area contributed by atoms with E-state index in [0.29, 0.717) is 22.6 Å². The van der Waals surface area contributed by atoms with Crippen LogP contribution in [0.4, 0.5) is 0 Å². The molecule has 0 fully saturated rings. The number of methoxy groups -OCH3 is 1. The molecule has 4 nitrogen and oxygen atoms in total. The van der Waals surface area contributed by atoms with E-state index in [9.17, 15) is 9.90 Å². The Labute approximate surface area is 209 Å². The number of phenolic OH excluding ortho intramolecular Hbond substituents is 1. The van der Waals surface area contributed by atoms with E-state index in [1.807, 2.05) is 26.0 Å². The number of phenols is 1. The summed E-state index contributed by atoms with van der Waals surface area (Å²) in [6.07, 6.45) is 0. The van der Waals surface area contributed by atoms with E-state index in [4.69, 9.17) is 9.47 Å². The molecule has 0 amide bonds. The van der Waals surface area contributed by atoms with E-state index in [-0.39, 0.29) is 22.1 Å². The first-order valence-electron chi connectivity index (χ1n) is 12.0. The van der Waals surface area contributed by atoms with Crippen LogP contribution in [0.25, 0.3) is 11.1 Å². The molecule has 0 bridgehead atoms. The van der Waals surface area contributed by atoms with E-state index in [0.717, 1.165) is 27.8 Å². The van der Waals surface area contributed by atoms with Gasteiger partial charge in [-0.25, -0.2) is 4.79 Å². The van der Waals surface area contributed by atoms with E-state index in [1.54, 1.807) is 25.3 Å². The summed E-state index contributed by atoms with van der Waals surface area (Å²) in [6.45, 7) is 18.7. The van der Waals surface area contributed by atoms with E-state index in [1.165, 1.54) is 0 Å². The number of carbonyl (C=O) groups excluding carboxylic acids is 1. The number of aromatic hydroxyl groups is 1. The van der Waals surface area contributed by atoms with Crippen LogP contribution in [0.15, 0.2) is 42.5 Å². The highest BCUT2D eigenvalue weighted by Gasteiger charge is 2.30. The second-order valence-electron chi connectivity index (χ2n) is 11.4. The van der Waals surface area contributed by atoms with Gasteiger partial charge < -0.3 is 14.6 Å². The van der Waals surface area contributed by atoms with Gasteiger partial charge in [0, 0.05) is 22.3 Å². The Morgan fingerprint density at radius 2 is 1.34 bits per heavy atom. The third-order valence-corrected chi connectivity index (χ3v) is 6.22. The molecule has 3 aromatic rings. The molecule has 0 aliphatic carbocycles. The molecule has 0 aromatic heterocycles. The molecule has 3 rings (SSSR count). The standard InChI is InChI=1S/C31H38O4/c1-18-14-20(3)26(25(17-18)34-10)27-21(12-11-13-24(27)32)29(33)35-28-22(30(4,5)6)15-19(2)16-23(28)31(7,8)9/h11-17,32H,1-10H3. The van der Waals surface area contributed by atoms with Crippen molar-refractivity contribution in [2.24, 2.45) is 0 Å². The number of ether oxygens (including phenoxy) is 2. The van der Waals surface area contributed by atoms with Crippen LogP contribution < -0.4 is 9.47 Å². The minimum Gasteiger partial charge on any atom is -0.507 e. The number of carbonyl (C=O) groups is 1. The topological polar surface area (TPSA) is 55.8 Å². The van der Waals surface area contributed by atoms with Gasteiger partial charge in [0.05, 0.1) is 12.7 Å². The minimum absolute atomic E-state index is 0.000647. The molecule has 186 valence electrons. The van der Waals surface area contributed by atoms with Gasteiger partial charge in [0.1, 0.15) is 17.2 Å². The summed E-state index contributed by atoms with van der Waals surface area (Å²) in [4.78, 5) is 13.8. The number of esters is 1. The monoisotopic (exact) mass is 474 g/mol. The predicted octanol–water partition coefficient (Wildman–Crippen LogP) is 7.81. The zero-order chi connectivity index (χ0) is 26.3. The quantitative estimate of drug-likeness (QED) is 0.309. The Balaban J connectivity index is 2.25. The van der Waals surface area contributed by atoms with Crippen LogP contribution in [0.5, 0.6) is 17.2 Å². The van der Waals surface area contributed by atoms with Gasteiger partial charge >= 0.3 is 5.97 Å². The lowest BCUT2D eigenvalue weighted by atomic mass is 9.78. The Morgan fingerprint density at radius 1 is 0.800 bits per heavy atom. The third-order valence-electron chi connectivity index (χ3n) is 6.22.